The number of rotatable bonds is 4. The highest BCUT2D eigenvalue weighted by Crippen LogP contribution is 2.23. The van der Waals surface area contributed by atoms with Crippen molar-refractivity contribution in [1.29, 1.82) is 0 Å². The molecular weight excluding hydrogens is 287 g/mol. The fourth-order valence-electron chi connectivity index (χ4n) is 1.17. The molecule has 0 spiro atoms. The summed E-state index contributed by atoms with van der Waals surface area (Å²) in [7, 11) is 0. The number of ether oxygens (including phenoxy) is 1. The second-order valence-corrected chi connectivity index (χ2v) is 4.12. The standard InChI is InChI=1S/C10H11BrF3NO/c11-8-3-1-7(2-4-8)9(5-15)16-6-10(12,13)14/h1-4,9H,5-6,15H2. The van der Waals surface area contributed by atoms with Gasteiger partial charge in [0, 0.05) is 11.0 Å². The van der Waals surface area contributed by atoms with Gasteiger partial charge in [0.15, 0.2) is 0 Å². The van der Waals surface area contributed by atoms with E-state index in [1.807, 2.05) is 0 Å². The van der Waals surface area contributed by atoms with Crippen molar-refractivity contribution in [1.82, 2.24) is 0 Å². The zero-order chi connectivity index (χ0) is 12.2. The van der Waals surface area contributed by atoms with E-state index in [-0.39, 0.29) is 6.54 Å². The van der Waals surface area contributed by atoms with Crippen LogP contribution in [0.4, 0.5) is 13.2 Å². The van der Waals surface area contributed by atoms with Crippen LogP contribution in [0.2, 0.25) is 0 Å². The van der Waals surface area contributed by atoms with Gasteiger partial charge >= 0.3 is 6.18 Å². The van der Waals surface area contributed by atoms with Gasteiger partial charge in [-0.05, 0) is 17.7 Å². The molecule has 0 bridgehead atoms. The molecule has 1 atom stereocenters. The van der Waals surface area contributed by atoms with Crippen molar-refractivity contribution in [3.63, 3.8) is 0 Å². The highest BCUT2D eigenvalue weighted by Gasteiger charge is 2.29. The second-order valence-electron chi connectivity index (χ2n) is 3.20. The molecule has 0 saturated carbocycles. The van der Waals surface area contributed by atoms with Gasteiger partial charge in [-0.15, -0.1) is 0 Å². The third-order valence-corrected chi connectivity index (χ3v) is 2.43. The van der Waals surface area contributed by atoms with E-state index in [1.54, 1.807) is 24.3 Å². The second kappa shape index (κ2) is 5.65. The van der Waals surface area contributed by atoms with Gasteiger partial charge in [-0.3, -0.25) is 0 Å². The Labute approximate surface area is 99.7 Å². The van der Waals surface area contributed by atoms with Crippen molar-refractivity contribution < 1.29 is 17.9 Å². The molecular formula is C10H11BrF3NO. The van der Waals surface area contributed by atoms with Crippen LogP contribution in [0.3, 0.4) is 0 Å². The van der Waals surface area contributed by atoms with Gasteiger partial charge in [-0.2, -0.15) is 13.2 Å². The maximum Gasteiger partial charge on any atom is 0.411 e. The Bertz CT molecular complexity index is 326. The van der Waals surface area contributed by atoms with E-state index >= 15 is 0 Å². The number of benzene rings is 1. The lowest BCUT2D eigenvalue weighted by Crippen LogP contribution is -2.23. The summed E-state index contributed by atoms with van der Waals surface area (Å²) in [5.74, 6) is 0. The molecule has 0 aromatic heterocycles. The van der Waals surface area contributed by atoms with Crippen LogP contribution in [0.5, 0.6) is 0 Å². The minimum Gasteiger partial charge on any atom is -0.363 e. The smallest absolute Gasteiger partial charge is 0.363 e. The highest BCUT2D eigenvalue weighted by molar-refractivity contribution is 9.10. The van der Waals surface area contributed by atoms with Crippen molar-refractivity contribution in [3.8, 4) is 0 Å². The number of alkyl halides is 3. The average molecular weight is 298 g/mol. The lowest BCUT2D eigenvalue weighted by atomic mass is 10.1. The molecule has 1 aromatic carbocycles. The maximum absolute atomic E-state index is 12.0. The van der Waals surface area contributed by atoms with Crippen LogP contribution in [0.25, 0.3) is 0 Å². The maximum atomic E-state index is 12.0. The number of hydrogen-bond donors (Lipinski definition) is 1. The van der Waals surface area contributed by atoms with Crippen molar-refractivity contribution in [2.75, 3.05) is 13.2 Å². The first kappa shape index (κ1) is 13.5. The van der Waals surface area contributed by atoms with Gasteiger partial charge in [0.05, 0.1) is 6.10 Å². The van der Waals surface area contributed by atoms with E-state index in [1.165, 1.54) is 0 Å². The van der Waals surface area contributed by atoms with Gasteiger partial charge in [0.1, 0.15) is 6.61 Å². The molecule has 1 unspecified atom stereocenters. The van der Waals surface area contributed by atoms with Gasteiger partial charge in [-0.1, -0.05) is 28.1 Å². The molecule has 0 amide bonds. The minimum atomic E-state index is -4.33. The van der Waals surface area contributed by atoms with E-state index < -0.39 is 18.9 Å². The molecule has 90 valence electrons. The zero-order valence-electron chi connectivity index (χ0n) is 8.30. The molecule has 0 aliphatic rings. The summed E-state index contributed by atoms with van der Waals surface area (Å²) in [5.41, 5.74) is 6.00. The Morgan fingerprint density at radius 3 is 2.25 bits per heavy atom. The van der Waals surface area contributed by atoms with Crippen LogP contribution < -0.4 is 5.73 Å². The number of hydrogen-bond acceptors (Lipinski definition) is 2. The van der Waals surface area contributed by atoms with Crippen LogP contribution in [0, 0.1) is 0 Å². The van der Waals surface area contributed by atoms with E-state index in [4.69, 9.17) is 10.5 Å². The molecule has 2 nitrogen and oxygen atoms in total. The summed E-state index contributed by atoms with van der Waals surface area (Å²) in [6.45, 7) is -1.28. The number of halogens is 4. The van der Waals surface area contributed by atoms with E-state index in [2.05, 4.69) is 15.9 Å². The molecule has 0 aliphatic carbocycles. The highest BCUT2D eigenvalue weighted by atomic mass is 79.9. The van der Waals surface area contributed by atoms with E-state index in [9.17, 15) is 13.2 Å². The lowest BCUT2D eigenvalue weighted by Gasteiger charge is -2.17. The quantitative estimate of drug-likeness (QED) is 0.927. The molecule has 1 rings (SSSR count). The van der Waals surface area contributed by atoms with Crippen LogP contribution in [-0.2, 0) is 4.74 Å². The zero-order valence-corrected chi connectivity index (χ0v) is 9.88. The Balaban J connectivity index is 2.64. The first-order valence-corrected chi connectivity index (χ1v) is 5.35. The molecule has 0 saturated heterocycles. The molecule has 0 fully saturated rings. The third kappa shape index (κ3) is 4.51. The average Bonchev–Trinajstić information content (AvgIpc) is 2.20. The van der Waals surface area contributed by atoms with Gasteiger partial charge in [0.25, 0.3) is 0 Å². The van der Waals surface area contributed by atoms with Crippen LogP contribution >= 0.6 is 15.9 Å². The molecule has 2 N–H and O–H groups in total. The minimum absolute atomic E-state index is 0.0116. The topological polar surface area (TPSA) is 35.2 Å². The predicted octanol–water partition coefficient (Wildman–Crippen LogP) is 3.03. The molecule has 0 aliphatic heterocycles. The Kier molecular flexibility index (Phi) is 4.76. The molecule has 1 aromatic rings. The largest absolute Gasteiger partial charge is 0.411 e. The molecule has 0 radical (unpaired) electrons. The fraction of sp³-hybridized carbons (Fsp3) is 0.400. The van der Waals surface area contributed by atoms with Crippen LogP contribution in [0.15, 0.2) is 28.7 Å². The Morgan fingerprint density at radius 1 is 1.25 bits per heavy atom. The molecule has 16 heavy (non-hydrogen) atoms. The van der Waals surface area contributed by atoms with Crippen molar-refractivity contribution in [2.45, 2.75) is 12.3 Å². The van der Waals surface area contributed by atoms with Crippen LogP contribution in [-0.4, -0.2) is 19.3 Å². The summed E-state index contributed by atoms with van der Waals surface area (Å²) in [6, 6.07) is 6.82. The summed E-state index contributed by atoms with van der Waals surface area (Å²) in [4.78, 5) is 0. The normalized spacial score (nSPS) is 13.8. The van der Waals surface area contributed by atoms with Gasteiger partial charge < -0.3 is 10.5 Å². The lowest BCUT2D eigenvalue weighted by molar-refractivity contribution is -0.185. The van der Waals surface area contributed by atoms with E-state index in [0.717, 1.165) is 4.47 Å². The fourth-order valence-corrected chi connectivity index (χ4v) is 1.44. The van der Waals surface area contributed by atoms with Gasteiger partial charge in [0.2, 0.25) is 0 Å². The van der Waals surface area contributed by atoms with Gasteiger partial charge in [-0.25, -0.2) is 0 Å². The molecule has 6 heteroatoms. The summed E-state index contributed by atoms with van der Waals surface area (Å²) in [5, 5.41) is 0. The van der Waals surface area contributed by atoms with Crippen molar-refractivity contribution in [2.24, 2.45) is 5.73 Å². The van der Waals surface area contributed by atoms with Crippen molar-refractivity contribution in [3.05, 3.63) is 34.3 Å². The Morgan fingerprint density at radius 2 is 1.81 bits per heavy atom. The van der Waals surface area contributed by atoms with Crippen LogP contribution in [0.1, 0.15) is 11.7 Å². The first-order chi connectivity index (χ1) is 7.42. The van der Waals surface area contributed by atoms with E-state index in [0.29, 0.717) is 5.56 Å². The SMILES string of the molecule is NCC(OCC(F)(F)F)c1ccc(Br)cc1. The van der Waals surface area contributed by atoms with Crippen molar-refractivity contribution >= 4 is 15.9 Å². The summed E-state index contributed by atoms with van der Waals surface area (Å²) >= 11 is 3.24. The first-order valence-electron chi connectivity index (χ1n) is 4.56. The monoisotopic (exact) mass is 297 g/mol. The summed E-state index contributed by atoms with van der Waals surface area (Å²) in [6.07, 6.45) is -5.06. The predicted molar refractivity (Wildman–Crippen MR) is 57.9 cm³/mol. The molecule has 0 heterocycles. The Hall–Kier alpha value is -0.590. The number of nitrogens with two attached hydrogens (primary N) is 1. The third-order valence-electron chi connectivity index (χ3n) is 1.90. The summed E-state index contributed by atoms with van der Waals surface area (Å²) < 4.78 is 41.4.